The van der Waals surface area contributed by atoms with E-state index in [1.54, 1.807) is 0 Å². The van der Waals surface area contributed by atoms with Gasteiger partial charge in [0.05, 0.1) is 110 Å². The normalized spacial score (nSPS) is 19.0. The molecule has 614 valence electrons. The minimum Gasteiger partial charge on any atom is -0.394 e. The Morgan fingerprint density at radius 2 is 0.427 bits per heavy atom. The lowest BCUT2D eigenvalue weighted by Crippen LogP contribution is -2.39. The van der Waals surface area contributed by atoms with Crippen LogP contribution in [0.25, 0.3) is 0 Å². The number of rotatable bonds is 55. The van der Waals surface area contributed by atoms with E-state index >= 15 is 0 Å². The Bertz CT molecular complexity index is 3170. The molecule has 6 rings (SSSR count). The van der Waals surface area contributed by atoms with E-state index in [1.165, 1.54) is 34.6 Å². The van der Waals surface area contributed by atoms with Crippen molar-refractivity contribution >= 4 is 107 Å². The van der Waals surface area contributed by atoms with E-state index in [1.807, 2.05) is 0 Å². The summed E-state index contributed by atoms with van der Waals surface area (Å²) in [6, 6.07) is 0. The van der Waals surface area contributed by atoms with Crippen molar-refractivity contribution in [1.82, 2.24) is 30.4 Å². The molecule has 0 aromatic heterocycles. The number of hydrogen-bond acceptors (Lipinski definition) is 41. The van der Waals surface area contributed by atoms with Crippen molar-refractivity contribution in [3.05, 3.63) is 0 Å². The van der Waals surface area contributed by atoms with Gasteiger partial charge in [-0.05, 0) is 34.6 Å². The van der Waals surface area contributed by atoms with Gasteiger partial charge in [0.1, 0.15) is 39.6 Å². The first-order chi connectivity index (χ1) is 52.4. The van der Waals surface area contributed by atoms with Gasteiger partial charge in [0, 0.05) is 77.0 Å². The van der Waals surface area contributed by atoms with Crippen molar-refractivity contribution in [2.24, 2.45) is 0 Å². The molecule has 47 heteroatoms. The predicted molar refractivity (Wildman–Crippen MR) is 337 cm³/mol. The molecule has 0 aliphatic carbocycles. The van der Waals surface area contributed by atoms with Gasteiger partial charge in [0.2, 0.25) is 0 Å². The van der Waals surface area contributed by atoms with Crippen LogP contribution in [-0.2, 0) is 191 Å². The molecule has 10 atom stereocenters. The maximum atomic E-state index is 12.8. The summed E-state index contributed by atoms with van der Waals surface area (Å²) in [6.07, 6.45) is -14.4. The number of nitrogens with zero attached hydrogens (tertiary/aromatic N) is 6. The molecule has 47 nitrogen and oxygen atoms in total. The zero-order valence-corrected chi connectivity index (χ0v) is 60.4. The highest BCUT2D eigenvalue weighted by Gasteiger charge is 2.39. The van der Waals surface area contributed by atoms with Gasteiger partial charge in [0.25, 0.3) is 70.9 Å². The zero-order chi connectivity index (χ0) is 80.4. The summed E-state index contributed by atoms with van der Waals surface area (Å²) in [5.41, 5.74) is 0. The number of hydroxylamine groups is 12. The number of aliphatic hydroxyl groups excluding tert-OH is 1. The largest absolute Gasteiger partial charge is 0.394 e. The fourth-order valence-electron chi connectivity index (χ4n) is 9.40. The van der Waals surface area contributed by atoms with E-state index in [0.717, 1.165) is 0 Å². The van der Waals surface area contributed by atoms with Crippen LogP contribution in [0.5, 0.6) is 0 Å². The van der Waals surface area contributed by atoms with Crippen LogP contribution >= 0.6 is 0 Å². The Labute approximate surface area is 624 Å². The average Bonchev–Trinajstić information content (AvgIpc) is 1.75. The smallest absolute Gasteiger partial charge is 0.358 e. The molecule has 6 heterocycles. The summed E-state index contributed by atoms with van der Waals surface area (Å²) in [5, 5.41) is 11.5. The first-order valence-electron chi connectivity index (χ1n) is 34.3. The molecule has 6 saturated heterocycles. The van der Waals surface area contributed by atoms with Gasteiger partial charge in [-0.15, -0.1) is 30.4 Å². The molecular weight excluding hydrogens is 1500 g/mol. The summed E-state index contributed by atoms with van der Waals surface area (Å²) >= 11 is 0. The first kappa shape index (κ1) is 89.9. The molecule has 10 unspecified atom stereocenters. The molecule has 110 heavy (non-hydrogen) atoms. The molecular formula is C63H86N6O41. The fourth-order valence-corrected chi connectivity index (χ4v) is 9.40. The highest BCUT2D eigenvalue weighted by Crippen LogP contribution is 2.20. The maximum Gasteiger partial charge on any atom is 0.358 e. The molecule has 6 aliphatic heterocycles. The third-order valence-corrected chi connectivity index (χ3v) is 14.6. The predicted octanol–water partition coefficient (Wildman–Crippen LogP) is -4.54. The second kappa shape index (κ2) is 46.6. The fraction of sp³-hybridized carbons (Fsp3) is 0.714. The lowest BCUT2D eigenvalue weighted by molar-refractivity contribution is -0.259. The summed E-state index contributed by atoms with van der Waals surface area (Å²) in [7, 11) is 0. The third-order valence-electron chi connectivity index (χ3n) is 14.6. The molecule has 0 bridgehead atoms. The van der Waals surface area contributed by atoms with Gasteiger partial charge < -0.3 is 110 Å². The van der Waals surface area contributed by atoms with Gasteiger partial charge in [-0.1, -0.05) is 0 Å². The van der Waals surface area contributed by atoms with Crippen LogP contribution in [0.15, 0.2) is 0 Å². The van der Waals surface area contributed by atoms with E-state index in [2.05, 4.69) is 0 Å². The molecule has 6 aliphatic rings. The van der Waals surface area contributed by atoms with Crippen LogP contribution in [0.4, 0.5) is 0 Å². The SMILES string of the molecule is CC(CO)OC(COCC(=O)ON1C(=O)CCC1=O)OCC(C)OC(COCC(=O)ON1C(=O)CCC1=O)OCC(C)OC(COCC(=O)ON1C(=O)CCC1=O)OCC(C)OC(COCC(=O)ON1C(=O)CCC1=O)OCC(C)OC(COCC(=O)ON1C(=O)CCC1=O)OCCOCC(=O)ON1C(=O)CCC1=O. The minimum atomic E-state index is -1.50. The molecule has 6 fully saturated rings. The Kier molecular flexibility index (Phi) is 38.1. The van der Waals surface area contributed by atoms with Gasteiger partial charge in [-0.2, -0.15) is 0 Å². The molecule has 0 aromatic carbocycles. The van der Waals surface area contributed by atoms with E-state index in [4.69, 9.17) is 105 Å². The van der Waals surface area contributed by atoms with Crippen molar-refractivity contribution in [1.29, 1.82) is 0 Å². The van der Waals surface area contributed by atoms with Crippen molar-refractivity contribution in [2.45, 2.75) is 174 Å². The van der Waals surface area contributed by atoms with E-state index in [-0.39, 0.29) is 107 Å². The van der Waals surface area contributed by atoms with E-state index in [9.17, 15) is 91.4 Å². The molecule has 0 saturated carbocycles. The standard InChI is InChI=1S/C63H86N6O41/c1-36(20-70)100-60(32-91-27-55(85)107-66-45(75)10-11-46(66)76)96-22-38(3)102-62(34-93-29-57(87)109-68-49(79)14-15-50(68)80)98-24-40(5)104-63(35-94-30-58(88)110-69-51(81)16-17-52(69)82)99-23-39(4)103-61(33-92-28-56(86)108-67-47(77)12-13-48(67)78)97-21-37(2)101-59(31-90-26-54(84)106-65-43(73)8-9-44(65)74)95-19-18-89-25-53(83)105-64-41(71)6-7-42(64)72/h36-40,59-63,70H,6-35H2,1-5H3. The van der Waals surface area contributed by atoms with Crippen molar-refractivity contribution in [3.63, 3.8) is 0 Å². The number of imide groups is 6. The summed E-state index contributed by atoms with van der Waals surface area (Å²) in [5.74, 6) is -16.0. The Balaban J connectivity index is 1.11. The zero-order valence-electron chi connectivity index (χ0n) is 60.4. The van der Waals surface area contributed by atoms with Crippen molar-refractivity contribution < 1.29 is 196 Å². The lowest BCUT2D eigenvalue weighted by atomic mass is 10.4. The minimum absolute atomic E-state index is 0.153. The van der Waals surface area contributed by atoms with Crippen LogP contribution < -0.4 is 0 Å². The monoisotopic (exact) mass is 1580 g/mol. The topological polar surface area (TPSA) is 550 Å². The third kappa shape index (κ3) is 31.8. The van der Waals surface area contributed by atoms with Crippen LogP contribution in [0.1, 0.15) is 112 Å². The maximum absolute atomic E-state index is 12.8. The number of carbonyl (C=O) groups is 18. The van der Waals surface area contributed by atoms with Crippen LogP contribution in [0.2, 0.25) is 0 Å². The summed E-state index contributed by atoms with van der Waals surface area (Å²) < 4.78 is 92.2. The van der Waals surface area contributed by atoms with Crippen LogP contribution in [-0.4, -0.2) is 323 Å². The van der Waals surface area contributed by atoms with E-state index in [0.29, 0.717) is 20.3 Å². The number of amides is 12. The Morgan fingerprint density at radius 1 is 0.255 bits per heavy atom. The number of hydrogen-bond donors (Lipinski definition) is 1. The van der Waals surface area contributed by atoms with Crippen LogP contribution in [0.3, 0.4) is 0 Å². The molecule has 12 amide bonds. The first-order valence-corrected chi connectivity index (χ1v) is 34.3. The van der Waals surface area contributed by atoms with E-state index < -0.39 is 268 Å². The lowest BCUT2D eigenvalue weighted by Gasteiger charge is -2.28. The van der Waals surface area contributed by atoms with Crippen molar-refractivity contribution in [3.8, 4) is 0 Å². The van der Waals surface area contributed by atoms with Crippen LogP contribution in [0, 0.1) is 0 Å². The quantitative estimate of drug-likeness (QED) is 0.0340. The van der Waals surface area contributed by atoms with Gasteiger partial charge in [0.15, 0.2) is 31.5 Å². The van der Waals surface area contributed by atoms with Gasteiger partial charge in [-0.25, -0.2) is 28.8 Å². The molecule has 0 spiro atoms. The highest BCUT2D eigenvalue weighted by molar-refractivity contribution is 6.04. The number of ether oxygens (including phenoxy) is 16. The number of aliphatic hydroxyl groups is 1. The van der Waals surface area contributed by atoms with Gasteiger partial charge >= 0.3 is 35.8 Å². The average molecular weight is 1580 g/mol. The molecule has 1 N–H and O–H groups in total. The highest BCUT2D eigenvalue weighted by atomic mass is 16.8. The van der Waals surface area contributed by atoms with Crippen molar-refractivity contribution in [2.75, 3.05) is 119 Å². The molecule has 0 aromatic rings. The Hall–Kier alpha value is -9.02. The molecule has 0 radical (unpaired) electrons. The summed E-state index contributed by atoms with van der Waals surface area (Å²) in [6.45, 7) is -3.35. The second-order valence-corrected chi connectivity index (χ2v) is 24.2. The number of carbonyl (C=O) groups excluding carboxylic acids is 18. The Morgan fingerprint density at radius 3 is 0.618 bits per heavy atom. The van der Waals surface area contributed by atoms with Gasteiger partial charge in [-0.3, -0.25) is 57.5 Å². The summed E-state index contributed by atoms with van der Waals surface area (Å²) in [4.78, 5) is 249. The second-order valence-electron chi connectivity index (χ2n) is 24.2.